The third-order valence-electron chi connectivity index (χ3n) is 4.59. The maximum Gasteiger partial charge on any atom is 0.0574 e. The van der Waals surface area contributed by atoms with Gasteiger partial charge >= 0.3 is 0 Å². The van der Waals surface area contributed by atoms with Gasteiger partial charge in [-0.25, -0.2) is 0 Å². The maximum absolute atomic E-state index is 5.80. The largest absolute Gasteiger partial charge is 0.399 e. The first-order valence-electron chi connectivity index (χ1n) is 9.53. The number of nitrogens with zero attached hydrogens (tertiary/aromatic N) is 2. The first-order chi connectivity index (χ1) is 13.6. The molecule has 0 radical (unpaired) electrons. The molecule has 0 atom stereocenters. The van der Waals surface area contributed by atoms with Crippen LogP contribution in [-0.2, 0) is 0 Å². The van der Waals surface area contributed by atoms with Gasteiger partial charge in [0.2, 0.25) is 0 Å². The summed E-state index contributed by atoms with van der Waals surface area (Å²) in [5, 5.41) is 0. The van der Waals surface area contributed by atoms with Gasteiger partial charge in [-0.15, -0.1) is 0 Å². The Morgan fingerprint density at radius 1 is 0.929 bits per heavy atom. The number of nitrogen functional groups attached to an aromatic ring is 1. The van der Waals surface area contributed by atoms with E-state index < -0.39 is 0 Å². The van der Waals surface area contributed by atoms with Gasteiger partial charge in [0.15, 0.2) is 0 Å². The fraction of sp³-hybridized carbons (Fsp3) is 0.160. The lowest BCUT2D eigenvalue weighted by Gasteiger charge is -2.14. The van der Waals surface area contributed by atoms with Crippen LogP contribution < -0.4 is 10.6 Å². The summed E-state index contributed by atoms with van der Waals surface area (Å²) >= 11 is 0. The maximum atomic E-state index is 5.80. The van der Waals surface area contributed by atoms with Crippen LogP contribution >= 0.6 is 0 Å². The standard InChI is InChI=1S/C25H27N3/c1-4-27-23-14-8-20(9-15-23)25(18-7-19-5-12-22(26)13-6-19)21-10-16-24(17-11-21)28(2)3/h5-18H,4,26H2,1-3H3. The smallest absolute Gasteiger partial charge is 0.0574 e. The van der Waals surface area contributed by atoms with E-state index in [1.807, 2.05) is 31.2 Å². The van der Waals surface area contributed by atoms with Crippen LogP contribution in [0.15, 0.2) is 89.5 Å². The van der Waals surface area contributed by atoms with Gasteiger partial charge in [-0.2, -0.15) is 0 Å². The minimum atomic E-state index is 0.774. The van der Waals surface area contributed by atoms with E-state index in [-0.39, 0.29) is 0 Å². The summed E-state index contributed by atoms with van der Waals surface area (Å²) in [4.78, 5) is 6.57. The summed E-state index contributed by atoms with van der Waals surface area (Å²) < 4.78 is 0. The predicted molar refractivity (Wildman–Crippen MR) is 124 cm³/mol. The van der Waals surface area contributed by atoms with Crippen molar-refractivity contribution >= 4 is 28.7 Å². The quantitative estimate of drug-likeness (QED) is 0.718. The minimum Gasteiger partial charge on any atom is -0.399 e. The molecule has 2 aromatic carbocycles. The average molecular weight is 370 g/mol. The van der Waals surface area contributed by atoms with Crippen LogP contribution in [0.1, 0.15) is 18.1 Å². The number of aliphatic imine (C=N–C) groups is 1. The molecule has 0 aromatic heterocycles. The van der Waals surface area contributed by atoms with Gasteiger partial charge in [0.1, 0.15) is 0 Å². The number of rotatable bonds is 5. The minimum absolute atomic E-state index is 0.774. The zero-order valence-electron chi connectivity index (χ0n) is 16.8. The Kier molecular flexibility index (Phi) is 6.28. The van der Waals surface area contributed by atoms with Gasteiger partial charge in [0.05, 0.1) is 5.71 Å². The Balaban J connectivity index is 2.00. The van der Waals surface area contributed by atoms with E-state index in [9.17, 15) is 0 Å². The number of hydrogen-bond donors (Lipinski definition) is 1. The van der Waals surface area contributed by atoms with E-state index in [1.54, 1.807) is 0 Å². The first-order valence-corrected chi connectivity index (χ1v) is 9.53. The molecule has 1 aliphatic rings. The van der Waals surface area contributed by atoms with Crippen molar-refractivity contribution in [1.29, 1.82) is 0 Å². The van der Waals surface area contributed by atoms with Crippen molar-refractivity contribution < 1.29 is 0 Å². The molecule has 2 aromatic rings. The molecule has 0 bridgehead atoms. The Hall–Kier alpha value is -3.33. The molecule has 0 amide bonds. The van der Waals surface area contributed by atoms with Gasteiger partial charge in [-0.05, 0) is 65.6 Å². The van der Waals surface area contributed by atoms with E-state index in [4.69, 9.17) is 5.73 Å². The molecule has 0 saturated carbocycles. The van der Waals surface area contributed by atoms with Crippen LogP contribution in [0.3, 0.4) is 0 Å². The number of allylic oxidation sites excluding steroid dienone is 7. The van der Waals surface area contributed by atoms with E-state index in [1.165, 1.54) is 22.4 Å². The molecule has 3 heteroatoms. The Morgan fingerprint density at radius 3 is 2.14 bits per heavy atom. The number of hydrogen-bond acceptors (Lipinski definition) is 3. The highest BCUT2D eigenvalue weighted by Crippen LogP contribution is 2.27. The number of nitrogens with two attached hydrogens (primary N) is 1. The third kappa shape index (κ3) is 4.89. The van der Waals surface area contributed by atoms with E-state index in [0.717, 1.165) is 23.5 Å². The second-order valence-electron chi connectivity index (χ2n) is 6.88. The molecule has 1 aliphatic carbocycles. The molecular formula is C25H27N3. The summed E-state index contributed by atoms with van der Waals surface area (Å²) in [5.41, 5.74) is 13.4. The van der Waals surface area contributed by atoms with Crippen molar-refractivity contribution in [3.8, 4) is 0 Å². The second kappa shape index (κ2) is 9.05. The van der Waals surface area contributed by atoms with Gasteiger partial charge in [0.25, 0.3) is 0 Å². The van der Waals surface area contributed by atoms with Crippen molar-refractivity contribution in [3.63, 3.8) is 0 Å². The monoisotopic (exact) mass is 369 g/mol. The highest BCUT2D eigenvalue weighted by molar-refractivity contribution is 6.07. The van der Waals surface area contributed by atoms with Crippen LogP contribution in [0.25, 0.3) is 11.6 Å². The Morgan fingerprint density at radius 2 is 1.57 bits per heavy atom. The summed E-state index contributed by atoms with van der Waals surface area (Å²) in [6, 6.07) is 16.5. The van der Waals surface area contributed by atoms with Crippen molar-refractivity contribution in [2.24, 2.45) is 4.99 Å². The van der Waals surface area contributed by atoms with Crippen molar-refractivity contribution in [1.82, 2.24) is 0 Å². The van der Waals surface area contributed by atoms with Crippen LogP contribution in [0, 0.1) is 0 Å². The fourth-order valence-corrected chi connectivity index (χ4v) is 3.01. The average Bonchev–Trinajstić information content (AvgIpc) is 2.71. The summed E-state index contributed by atoms with van der Waals surface area (Å²) in [5.74, 6) is 0. The SMILES string of the molecule is CCN=C1C=CC(=C(C=Cc2ccc(N)cc2)c2ccc(N(C)C)cc2)C=C1. The molecule has 3 rings (SSSR count). The molecule has 0 fully saturated rings. The van der Waals surface area contributed by atoms with Crippen LogP contribution in [0.5, 0.6) is 0 Å². The third-order valence-corrected chi connectivity index (χ3v) is 4.59. The molecule has 0 spiro atoms. The number of benzene rings is 2. The molecule has 28 heavy (non-hydrogen) atoms. The highest BCUT2D eigenvalue weighted by Gasteiger charge is 2.07. The van der Waals surface area contributed by atoms with Crippen molar-refractivity contribution in [2.75, 3.05) is 31.3 Å². The summed E-state index contributed by atoms with van der Waals surface area (Å²) in [6.07, 6.45) is 12.7. The first kappa shape index (κ1) is 19.4. The topological polar surface area (TPSA) is 41.6 Å². The molecule has 0 heterocycles. The molecular weight excluding hydrogens is 342 g/mol. The van der Waals surface area contributed by atoms with Crippen molar-refractivity contribution in [3.05, 3.63) is 95.6 Å². The second-order valence-corrected chi connectivity index (χ2v) is 6.88. The summed E-state index contributed by atoms with van der Waals surface area (Å²) in [6.45, 7) is 2.84. The lowest BCUT2D eigenvalue weighted by molar-refractivity contribution is 1.13. The molecule has 142 valence electrons. The molecule has 0 saturated heterocycles. The Labute approximate surface area is 167 Å². The molecule has 0 aliphatic heterocycles. The van der Waals surface area contributed by atoms with E-state index in [0.29, 0.717) is 0 Å². The fourth-order valence-electron chi connectivity index (χ4n) is 3.01. The van der Waals surface area contributed by atoms with Gasteiger partial charge in [0, 0.05) is 32.0 Å². The Bertz CT molecular complexity index is 936. The lowest BCUT2D eigenvalue weighted by Crippen LogP contribution is -2.08. The zero-order chi connectivity index (χ0) is 19.9. The van der Waals surface area contributed by atoms with Crippen LogP contribution in [-0.4, -0.2) is 26.4 Å². The lowest BCUT2D eigenvalue weighted by atomic mass is 9.95. The van der Waals surface area contributed by atoms with Crippen LogP contribution in [0.4, 0.5) is 11.4 Å². The normalized spacial score (nSPS) is 13.2. The predicted octanol–water partition coefficient (Wildman–Crippen LogP) is 5.39. The van der Waals surface area contributed by atoms with Gasteiger partial charge in [-0.1, -0.05) is 48.6 Å². The van der Waals surface area contributed by atoms with Gasteiger partial charge in [-0.3, -0.25) is 4.99 Å². The van der Waals surface area contributed by atoms with Crippen molar-refractivity contribution in [2.45, 2.75) is 6.92 Å². The van der Waals surface area contributed by atoms with Gasteiger partial charge < -0.3 is 10.6 Å². The summed E-state index contributed by atoms with van der Waals surface area (Å²) in [7, 11) is 4.10. The van der Waals surface area contributed by atoms with E-state index >= 15 is 0 Å². The molecule has 3 nitrogen and oxygen atoms in total. The van der Waals surface area contributed by atoms with Crippen LogP contribution in [0.2, 0.25) is 0 Å². The molecule has 0 unspecified atom stereocenters. The zero-order valence-corrected chi connectivity index (χ0v) is 16.8. The number of anilines is 2. The van der Waals surface area contributed by atoms with E-state index in [2.05, 4.69) is 84.7 Å². The highest BCUT2D eigenvalue weighted by atomic mass is 15.1. The molecule has 2 N–H and O–H groups in total.